The molecule has 6 nitrogen and oxygen atoms in total. The first-order chi connectivity index (χ1) is 18.2. The van der Waals surface area contributed by atoms with Crippen LogP contribution in [0.5, 0.6) is 0 Å². The number of nitrogens with one attached hydrogen (secondary N) is 1. The molecule has 0 spiro atoms. The summed E-state index contributed by atoms with van der Waals surface area (Å²) in [6.07, 6.45) is 2.24. The first-order valence-corrected chi connectivity index (χ1v) is 12.6. The van der Waals surface area contributed by atoms with Crippen molar-refractivity contribution in [1.29, 1.82) is 0 Å². The molecule has 1 aliphatic rings. The van der Waals surface area contributed by atoms with Gasteiger partial charge in [-0.05, 0) is 53.6 Å². The second-order valence-electron chi connectivity index (χ2n) is 8.92. The molecular formula is C27H22Cl2F3N5O. The van der Waals surface area contributed by atoms with Gasteiger partial charge in [0.15, 0.2) is 0 Å². The maximum atomic E-state index is 13.3. The first-order valence-electron chi connectivity index (χ1n) is 11.8. The maximum absolute atomic E-state index is 13.3. The van der Waals surface area contributed by atoms with Gasteiger partial charge >= 0.3 is 12.2 Å². The van der Waals surface area contributed by atoms with Crippen LogP contribution in [0.2, 0.25) is 10.2 Å². The average Bonchev–Trinajstić information content (AvgIpc) is 3.20. The van der Waals surface area contributed by atoms with Crippen molar-refractivity contribution in [2.75, 3.05) is 13.1 Å². The molecule has 11 heteroatoms. The SMILES string of the molecule is O=C(NCc1ccnc(Cl)c1)n1c2c(c3ccc(Cl)cc31)CN(CC=Cc1ccc(C(F)(F)F)cn1)CC2. The second kappa shape index (κ2) is 10.8. The van der Waals surface area contributed by atoms with Gasteiger partial charge in [0.2, 0.25) is 0 Å². The lowest BCUT2D eigenvalue weighted by Crippen LogP contribution is -2.34. The van der Waals surface area contributed by atoms with Gasteiger partial charge in [0.05, 0.1) is 16.8 Å². The molecule has 3 aromatic heterocycles. The number of fused-ring (bicyclic) bond motifs is 3. The Morgan fingerprint density at radius 2 is 1.95 bits per heavy atom. The van der Waals surface area contributed by atoms with Crippen LogP contribution in [-0.4, -0.2) is 38.6 Å². The molecule has 0 aliphatic carbocycles. The lowest BCUT2D eigenvalue weighted by atomic mass is 10.0. The van der Waals surface area contributed by atoms with Crippen LogP contribution in [0.4, 0.5) is 18.0 Å². The molecule has 1 aliphatic heterocycles. The van der Waals surface area contributed by atoms with Gasteiger partial charge in [-0.25, -0.2) is 9.78 Å². The number of carbonyl (C=O) groups excluding carboxylic acids is 1. The third-order valence-electron chi connectivity index (χ3n) is 6.39. The van der Waals surface area contributed by atoms with Gasteiger partial charge in [-0.15, -0.1) is 0 Å². The molecule has 0 radical (unpaired) electrons. The normalized spacial score (nSPS) is 14.2. The minimum Gasteiger partial charge on any atom is -0.333 e. The van der Waals surface area contributed by atoms with Crippen molar-refractivity contribution in [3.63, 3.8) is 0 Å². The summed E-state index contributed by atoms with van der Waals surface area (Å²) in [4.78, 5) is 23.4. The predicted octanol–water partition coefficient (Wildman–Crippen LogP) is 6.59. The van der Waals surface area contributed by atoms with E-state index >= 15 is 0 Å². The van der Waals surface area contributed by atoms with E-state index in [2.05, 4.69) is 20.2 Å². The second-order valence-corrected chi connectivity index (χ2v) is 9.75. The maximum Gasteiger partial charge on any atom is 0.417 e. The minimum absolute atomic E-state index is 0.256. The number of pyridine rings is 2. The third kappa shape index (κ3) is 5.70. The lowest BCUT2D eigenvalue weighted by Gasteiger charge is -2.27. The van der Waals surface area contributed by atoms with Gasteiger partial charge in [0.25, 0.3) is 0 Å². The molecule has 0 unspecified atom stereocenters. The molecule has 1 aromatic carbocycles. The van der Waals surface area contributed by atoms with Crippen molar-refractivity contribution in [1.82, 2.24) is 24.8 Å². The summed E-state index contributed by atoms with van der Waals surface area (Å²) < 4.78 is 39.9. The van der Waals surface area contributed by atoms with Gasteiger partial charge in [0, 0.05) is 61.1 Å². The summed E-state index contributed by atoms with van der Waals surface area (Å²) in [6, 6.07) is 11.1. The minimum atomic E-state index is -4.41. The highest BCUT2D eigenvalue weighted by atomic mass is 35.5. The third-order valence-corrected chi connectivity index (χ3v) is 6.84. The van der Waals surface area contributed by atoms with Crippen LogP contribution in [0.15, 0.2) is 60.9 Å². The molecular weight excluding hydrogens is 538 g/mol. The zero-order valence-corrected chi connectivity index (χ0v) is 21.5. The summed E-state index contributed by atoms with van der Waals surface area (Å²) in [6.45, 7) is 2.19. The number of nitrogens with zero attached hydrogens (tertiary/aromatic N) is 4. The van der Waals surface area contributed by atoms with Gasteiger partial charge in [0.1, 0.15) is 5.15 Å². The summed E-state index contributed by atoms with van der Waals surface area (Å²) in [5.74, 6) is 0. The van der Waals surface area contributed by atoms with Gasteiger partial charge < -0.3 is 5.32 Å². The van der Waals surface area contributed by atoms with Crippen molar-refractivity contribution in [2.45, 2.75) is 25.7 Å². The van der Waals surface area contributed by atoms with E-state index in [1.54, 1.807) is 41.1 Å². The van der Waals surface area contributed by atoms with Crippen LogP contribution in [0.1, 0.15) is 28.1 Å². The molecule has 38 heavy (non-hydrogen) atoms. The molecule has 0 bridgehead atoms. The fraction of sp³-hybridized carbons (Fsp3) is 0.222. The Hall–Kier alpha value is -3.40. The zero-order chi connectivity index (χ0) is 26.9. The van der Waals surface area contributed by atoms with Crippen LogP contribution in [0.25, 0.3) is 17.0 Å². The molecule has 0 saturated carbocycles. The number of hydrogen-bond donors (Lipinski definition) is 1. The van der Waals surface area contributed by atoms with Crippen molar-refractivity contribution in [3.05, 3.63) is 99.2 Å². The molecule has 4 heterocycles. The van der Waals surface area contributed by atoms with Crippen LogP contribution >= 0.6 is 23.2 Å². The fourth-order valence-corrected chi connectivity index (χ4v) is 4.94. The van der Waals surface area contributed by atoms with Crippen molar-refractivity contribution < 1.29 is 18.0 Å². The molecule has 1 amide bonds. The Morgan fingerprint density at radius 3 is 2.68 bits per heavy atom. The van der Waals surface area contributed by atoms with Crippen molar-refractivity contribution in [2.24, 2.45) is 0 Å². The number of carbonyl (C=O) groups is 1. The van der Waals surface area contributed by atoms with Crippen molar-refractivity contribution in [3.8, 4) is 0 Å². The number of alkyl halides is 3. The molecule has 196 valence electrons. The Morgan fingerprint density at radius 1 is 1.11 bits per heavy atom. The van der Waals surface area contributed by atoms with E-state index < -0.39 is 11.7 Å². The summed E-state index contributed by atoms with van der Waals surface area (Å²) >= 11 is 12.2. The predicted molar refractivity (Wildman–Crippen MR) is 141 cm³/mol. The number of hydrogen-bond acceptors (Lipinski definition) is 4. The highest BCUT2D eigenvalue weighted by molar-refractivity contribution is 6.31. The van der Waals surface area contributed by atoms with E-state index in [1.807, 2.05) is 12.1 Å². The van der Waals surface area contributed by atoms with Crippen LogP contribution in [-0.2, 0) is 25.7 Å². The number of amides is 1. The zero-order valence-electron chi connectivity index (χ0n) is 20.0. The summed E-state index contributed by atoms with van der Waals surface area (Å²) in [5.41, 5.74) is 3.22. The monoisotopic (exact) mass is 559 g/mol. The summed E-state index contributed by atoms with van der Waals surface area (Å²) in [5, 5.41) is 4.80. The average molecular weight is 560 g/mol. The molecule has 1 N–H and O–H groups in total. The first kappa shape index (κ1) is 26.2. The molecule has 5 rings (SSSR count). The van der Waals surface area contributed by atoms with E-state index in [1.165, 1.54) is 6.07 Å². The quantitative estimate of drug-likeness (QED) is 0.280. The van der Waals surface area contributed by atoms with E-state index in [4.69, 9.17) is 23.2 Å². The smallest absolute Gasteiger partial charge is 0.333 e. The molecule has 0 atom stereocenters. The van der Waals surface area contributed by atoms with E-state index in [0.717, 1.165) is 40.0 Å². The molecule has 4 aromatic rings. The number of rotatable bonds is 5. The van der Waals surface area contributed by atoms with Gasteiger partial charge in [-0.2, -0.15) is 13.2 Å². The highest BCUT2D eigenvalue weighted by Crippen LogP contribution is 2.33. The van der Waals surface area contributed by atoms with Crippen LogP contribution in [0.3, 0.4) is 0 Å². The van der Waals surface area contributed by atoms with Gasteiger partial charge in [-0.3, -0.25) is 14.5 Å². The standard InChI is InChI=1S/C27H22Cl2F3N5O/c28-19-4-6-21-22-16-36(10-1-2-20-5-3-18(15-34-20)27(30,31)32)11-8-23(22)37(24(21)13-19)26(38)35-14-17-7-9-33-25(29)12-17/h1-7,9,12-13,15H,8,10-11,14,16H2,(H,35,38). The lowest BCUT2D eigenvalue weighted by molar-refractivity contribution is -0.137. The Bertz CT molecular complexity index is 1520. The Labute approximate surface area is 226 Å². The van der Waals surface area contributed by atoms with Crippen molar-refractivity contribution >= 4 is 46.2 Å². The summed E-state index contributed by atoms with van der Waals surface area (Å²) in [7, 11) is 0. The van der Waals surface area contributed by atoms with E-state index in [9.17, 15) is 18.0 Å². The number of benzene rings is 1. The van der Waals surface area contributed by atoms with E-state index in [-0.39, 0.29) is 6.03 Å². The fourth-order valence-electron chi connectivity index (χ4n) is 4.58. The van der Waals surface area contributed by atoms with Gasteiger partial charge in [-0.1, -0.05) is 35.3 Å². The van der Waals surface area contributed by atoms with Crippen LogP contribution in [0, 0.1) is 0 Å². The topological polar surface area (TPSA) is 63.1 Å². The molecule has 0 saturated heterocycles. The Balaban J connectivity index is 1.33. The number of aromatic nitrogens is 3. The number of halogens is 5. The largest absolute Gasteiger partial charge is 0.417 e. The van der Waals surface area contributed by atoms with Crippen LogP contribution < -0.4 is 5.32 Å². The molecule has 0 fully saturated rings. The van der Waals surface area contributed by atoms with E-state index in [0.29, 0.717) is 48.5 Å². The Kier molecular flexibility index (Phi) is 7.43. The highest BCUT2D eigenvalue weighted by Gasteiger charge is 2.30.